The molecule has 0 saturated carbocycles. The summed E-state index contributed by atoms with van der Waals surface area (Å²) in [4.78, 5) is 23.8. The minimum Gasteiger partial charge on any atom is -0.406 e. The number of ether oxygens (including phenoxy) is 1. The van der Waals surface area contributed by atoms with Crippen molar-refractivity contribution in [1.29, 1.82) is 5.26 Å². The van der Waals surface area contributed by atoms with Crippen molar-refractivity contribution in [3.05, 3.63) is 89.2 Å². The van der Waals surface area contributed by atoms with Crippen LogP contribution in [0, 0.1) is 32.1 Å². The fourth-order valence-electron chi connectivity index (χ4n) is 5.40. The normalized spacial score (nSPS) is 16.6. The van der Waals surface area contributed by atoms with Gasteiger partial charge in [0.2, 0.25) is 0 Å². The number of amides is 2. The minimum absolute atomic E-state index is 0.0786. The van der Waals surface area contributed by atoms with Crippen LogP contribution < -0.4 is 15.0 Å². The van der Waals surface area contributed by atoms with Crippen LogP contribution in [0.25, 0.3) is 17.1 Å². The molecular formula is C33H32F3N7O2S. The maximum atomic E-state index is 13.0. The van der Waals surface area contributed by atoms with Crippen LogP contribution in [0.4, 0.5) is 23.7 Å². The lowest BCUT2D eigenvalue weighted by Gasteiger charge is -2.37. The summed E-state index contributed by atoms with van der Waals surface area (Å²) < 4.78 is 42.7. The summed E-state index contributed by atoms with van der Waals surface area (Å²) in [6, 6.07) is 18.5. The molecule has 2 amide bonds. The van der Waals surface area contributed by atoms with Crippen LogP contribution in [-0.2, 0) is 0 Å². The number of carbonyl (C=O) groups excluding carboxylic acids is 1. The minimum atomic E-state index is -4.77. The first-order chi connectivity index (χ1) is 21.9. The van der Waals surface area contributed by atoms with Crippen molar-refractivity contribution in [2.45, 2.75) is 52.4 Å². The predicted molar refractivity (Wildman–Crippen MR) is 172 cm³/mol. The first-order valence-corrected chi connectivity index (χ1v) is 15.5. The molecule has 46 heavy (non-hydrogen) atoms. The monoisotopic (exact) mass is 647 g/mol. The molecule has 2 atom stereocenters. The summed E-state index contributed by atoms with van der Waals surface area (Å²) in [5, 5.41) is 17.7. The molecule has 1 aliphatic heterocycles. The smallest absolute Gasteiger partial charge is 0.406 e. The Morgan fingerprint density at radius 1 is 1.13 bits per heavy atom. The van der Waals surface area contributed by atoms with Crippen molar-refractivity contribution >= 4 is 28.6 Å². The average Bonchev–Trinajstić information content (AvgIpc) is 3.49. The van der Waals surface area contributed by atoms with Crippen LogP contribution in [0.1, 0.15) is 41.5 Å². The molecule has 0 aliphatic carbocycles. The number of aryl methyl sites for hydroxylation is 3. The number of nitriles is 1. The largest absolute Gasteiger partial charge is 0.573 e. The molecule has 2 unspecified atom stereocenters. The van der Waals surface area contributed by atoms with Gasteiger partial charge in [0.1, 0.15) is 12.1 Å². The zero-order chi connectivity index (χ0) is 33.0. The van der Waals surface area contributed by atoms with Crippen LogP contribution >= 0.6 is 11.8 Å². The number of hydrogen-bond donors (Lipinski definition) is 1. The van der Waals surface area contributed by atoms with E-state index >= 15 is 0 Å². The van der Waals surface area contributed by atoms with Crippen molar-refractivity contribution < 1.29 is 22.7 Å². The van der Waals surface area contributed by atoms with E-state index in [4.69, 9.17) is 0 Å². The van der Waals surface area contributed by atoms with E-state index in [0.29, 0.717) is 27.8 Å². The summed E-state index contributed by atoms with van der Waals surface area (Å²) in [6.45, 7) is 8.42. The second-order valence-corrected chi connectivity index (χ2v) is 12.1. The first-order valence-electron chi connectivity index (χ1n) is 14.6. The molecule has 9 nitrogen and oxygen atoms in total. The summed E-state index contributed by atoms with van der Waals surface area (Å²) in [5.74, 6) is 0.302. The van der Waals surface area contributed by atoms with Gasteiger partial charge in [0.15, 0.2) is 11.0 Å². The quantitative estimate of drug-likeness (QED) is 0.222. The fraction of sp³-hybridized carbons (Fsp3) is 0.303. The van der Waals surface area contributed by atoms with E-state index in [2.05, 4.69) is 75.9 Å². The number of alkyl halides is 3. The van der Waals surface area contributed by atoms with Crippen molar-refractivity contribution in [2.75, 3.05) is 17.2 Å². The number of aliphatic imine (C=N–C) groups is 1. The van der Waals surface area contributed by atoms with Gasteiger partial charge >= 0.3 is 12.4 Å². The lowest BCUT2D eigenvalue weighted by Crippen LogP contribution is -2.43. The highest BCUT2D eigenvalue weighted by Crippen LogP contribution is 2.34. The summed E-state index contributed by atoms with van der Waals surface area (Å²) >= 11 is 1.55. The number of nitrogens with one attached hydrogen (secondary N) is 1. The number of hydrogen-bond acceptors (Lipinski definition) is 6. The van der Waals surface area contributed by atoms with E-state index in [-0.39, 0.29) is 18.3 Å². The Hall–Kier alpha value is -4.83. The molecule has 0 spiro atoms. The number of nitrogens with zero attached hydrogens (tertiary/aromatic N) is 6. The molecule has 2 heterocycles. The zero-order valence-electron chi connectivity index (χ0n) is 25.7. The molecular weight excluding hydrogens is 615 g/mol. The van der Waals surface area contributed by atoms with Gasteiger partial charge < -0.3 is 15.0 Å². The fourth-order valence-corrected chi connectivity index (χ4v) is 6.60. The van der Waals surface area contributed by atoms with Gasteiger partial charge in [0, 0.05) is 29.6 Å². The van der Waals surface area contributed by atoms with Crippen molar-refractivity contribution in [2.24, 2.45) is 4.99 Å². The van der Waals surface area contributed by atoms with Gasteiger partial charge in [-0.25, -0.2) is 14.5 Å². The van der Waals surface area contributed by atoms with E-state index in [0.717, 1.165) is 29.0 Å². The van der Waals surface area contributed by atoms with E-state index in [1.165, 1.54) is 40.8 Å². The third kappa shape index (κ3) is 7.69. The zero-order valence-corrected chi connectivity index (χ0v) is 26.5. The number of carbonyl (C=O) groups is 1. The molecule has 0 radical (unpaired) electrons. The lowest BCUT2D eigenvalue weighted by atomic mass is 9.99. The maximum absolute atomic E-state index is 13.0. The third-order valence-corrected chi connectivity index (χ3v) is 8.48. The molecule has 1 saturated heterocycles. The van der Waals surface area contributed by atoms with E-state index in [1.807, 2.05) is 0 Å². The van der Waals surface area contributed by atoms with Crippen LogP contribution in [0.15, 0.2) is 72.0 Å². The Morgan fingerprint density at radius 3 is 2.43 bits per heavy atom. The Balaban J connectivity index is 1.24. The molecule has 1 fully saturated rings. The predicted octanol–water partition coefficient (Wildman–Crippen LogP) is 7.46. The molecule has 1 aliphatic rings. The Kier molecular flexibility index (Phi) is 9.67. The van der Waals surface area contributed by atoms with Crippen molar-refractivity contribution in [1.82, 2.24) is 20.1 Å². The molecule has 238 valence electrons. The third-order valence-electron chi connectivity index (χ3n) is 7.50. The number of aromatic nitrogens is 3. The lowest BCUT2D eigenvalue weighted by molar-refractivity contribution is -0.274. The molecule has 3 aromatic carbocycles. The van der Waals surface area contributed by atoms with Gasteiger partial charge in [-0.3, -0.25) is 0 Å². The van der Waals surface area contributed by atoms with Crippen molar-refractivity contribution in [3.63, 3.8) is 0 Å². The topological polar surface area (TPSA) is 108 Å². The number of urea groups is 1. The van der Waals surface area contributed by atoms with Crippen LogP contribution in [-0.4, -0.2) is 50.7 Å². The van der Waals surface area contributed by atoms with Crippen LogP contribution in [0.2, 0.25) is 0 Å². The molecule has 13 heteroatoms. The van der Waals surface area contributed by atoms with Gasteiger partial charge in [-0.2, -0.15) is 10.3 Å². The SMILES string of the molecule is Cc1cc(C)c(N2/C(=N/C(=O)NCC(C#N)c3ccc(-c4ncn(-c5ccc(OC(F)(F)F)cc5)n4)cc3)SCCC2C)c(C)c1. The van der Waals surface area contributed by atoms with Gasteiger partial charge in [-0.1, -0.05) is 53.7 Å². The highest BCUT2D eigenvalue weighted by molar-refractivity contribution is 8.14. The van der Waals surface area contributed by atoms with Gasteiger partial charge in [-0.05, 0) is 75.1 Å². The molecule has 4 aromatic rings. The first kappa shape index (κ1) is 32.6. The number of anilines is 1. The Bertz CT molecular complexity index is 1760. The Morgan fingerprint density at radius 2 is 1.80 bits per heavy atom. The standard InChI is InChI=1S/C33H32F3N7O2S/c1-20-15-21(2)29(22(3)16-20)43-23(4)13-14-46-32(43)40-31(44)38-18-26(17-37)24-5-7-25(8-6-24)30-39-19-42(41-30)27-9-11-28(12-10-27)45-33(34,35)36/h5-12,15-16,19,23,26H,13-14,18H2,1-4H3,(H,38,44)/b40-32-. The molecule has 5 rings (SSSR count). The average molecular weight is 648 g/mol. The molecule has 1 aromatic heterocycles. The summed E-state index contributed by atoms with van der Waals surface area (Å²) in [7, 11) is 0. The van der Waals surface area contributed by atoms with E-state index < -0.39 is 18.3 Å². The van der Waals surface area contributed by atoms with Crippen molar-refractivity contribution in [3.8, 4) is 28.9 Å². The molecule has 0 bridgehead atoms. The number of halogens is 3. The molecule has 1 N–H and O–H groups in total. The highest BCUT2D eigenvalue weighted by Gasteiger charge is 2.31. The van der Waals surface area contributed by atoms with Crippen LogP contribution in [0.5, 0.6) is 5.75 Å². The van der Waals surface area contributed by atoms with Gasteiger partial charge in [0.05, 0.1) is 17.7 Å². The number of rotatable bonds is 7. The van der Waals surface area contributed by atoms with Crippen LogP contribution in [0.3, 0.4) is 0 Å². The maximum Gasteiger partial charge on any atom is 0.573 e. The summed E-state index contributed by atoms with van der Waals surface area (Å²) in [5.41, 5.74) is 6.39. The van der Waals surface area contributed by atoms with E-state index in [9.17, 15) is 23.2 Å². The second kappa shape index (κ2) is 13.7. The number of thioether (sulfide) groups is 1. The van der Waals surface area contributed by atoms with Gasteiger partial charge in [-0.15, -0.1) is 18.3 Å². The second-order valence-electron chi connectivity index (χ2n) is 11.0. The number of benzene rings is 3. The van der Waals surface area contributed by atoms with Gasteiger partial charge in [0.25, 0.3) is 0 Å². The van der Waals surface area contributed by atoms with E-state index in [1.54, 1.807) is 36.0 Å². The Labute approximate surface area is 269 Å². The number of amidine groups is 1. The summed E-state index contributed by atoms with van der Waals surface area (Å²) in [6.07, 6.45) is -2.35. The highest BCUT2D eigenvalue weighted by atomic mass is 32.2.